The van der Waals surface area contributed by atoms with Crippen molar-refractivity contribution in [2.75, 3.05) is 25.5 Å². The van der Waals surface area contributed by atoms with Crippen LogP contribution in [-0.2, 0) is 6.54 Å². The number of hydrogen-bond donors (Lipinski definition) is 1. The Hall–Kier alpha value is -3.64. The van der Waals surface area contributed by atoms with Gasteiger partial charge in [0, 0.05) is 42.7 Å². The van der Waals surface area contributed by atoms with E-state index in [0.29, 0.717) is 5.82 Å². The Labute approximate surface area is 194 Å². The number of aromatic nitrogens is 4. The molecule has 1 N–H and O–H groups in total. The maximum absolute atomic E-state index is 4.87. The third-order valence-electron chi connectivity index (χ3n) is 6.02. The lowest BCUT2D eigenvalue weighted by atomic mass is 10.0. The second-order valence-electron chi connectivity index (χ2n) is 8.46. The van der Waals surface area contributed by atoms with Crippen molar-refractivity contribution in [1.82, 2.24) is 24.8 Å². The summed E-state index contributed by atoms with van der Waals surface area (Å²) in [6.45, 7) is 5.39. The molecule has 1 aliphatic rings. The zero-order valence-corrected chi connectivity index (χ0v) is 19.1. The Bertz CT molecular complexity index is 1250. The van der Waals surface area contributed by atoms with Crippen LogP contribution in [0, 0.1) is 6.92 Å². The first-order valence-electron chi connectivity index (χ1n) is 11.5. The number of nitrogens with zero attached hydrogens (tertiary/aromatic N) is 5. The Balaban J connectivity index is 1.51. The van der Waals surface area contributed by atoms with E-state index in [1.807, 2.05) is 50.5 Å². The van der Waals surface area contributed by atoms with Gasteiger partial charge in [0.15, 0.2) is 5.82 Å². The number of likely N-dealkylation sites (tertiary alicyclic amines) is 1. The van der Waals surface area contributed by atoms with Crippen LogP contribution in [-0.4, -0.2) is 45.0 Å². The summed E-state index contributed by atoms with van der Waals surface area (Å²) in [7, 11) is 1.86. The maximum atomic E-state index is 4.87. The highest BCUT2D eigenvalue weighted by Crippen LogP contribution is 2.31. The molecule has 6 nitrogen and oxygen atoms in total. The van der Waals surface area contributed by atoms with E-state index in [2.05, 4.69) is 50.5 Å². The van der Waals surface area contributed by atoms with E-state index < -0.39 is 0 Å². The van der Waals surface area contributed by atoms with Gasteiger partial charge in [-0.05, 0) is 62.7 Å². The average molecular weight is 437 g/mol. The van der Waals surface area contributed by atoms with Gasteiger partial charge in [-0.3, -0.25) is 9.88 Å². The van der Waals surface area contributed by atoms with Crippen molar-refractivity contribution in [2.45, 2.75) is 26.3 Å². The van der Waals surface area contributed by atoms with Gasteiger partial charge in [-0.1, -0.05) is 30.3 Å². The van der Waals surface area contributed by atoms with E-state index in [9.17, 15) is 0 Å². The molecule has 0 aliphatic carbocycles. The van der Waals surface area contributed by atoms with Gasteiger partial charge >= 0.3 is 0 Å². The van der Waals surface area contributed by atoms with Gasteiger partial charge in [0.05, 0.1) is 11.4 Å². The summed E-state index contributed by atoms with van der Waals surface area (Å²) < 4.78 is 0. The van der Waals surface area contributed by atoms with Gasteiger partial charge in [-0.15, -0.1) is 0 Å². The number of benzene rings is 1. The molecular formula is C27H28N6. The molecule has 6 heteroatoms. The number of rotatable bonds is 6. The first-order chi connectivity index (χ1) is 16.2. The smallest absolute Gasteiger partial charge is 0.180 e. The molecule has 0 unspecified atom stereocenters. The third-order valence-corrected chi connectivity index (χ3v) is 6.02. The number of anilines is 1. The van der Waals surface area contributed by atoms with Crippen LogP contribution in [0.3, 0.4) is 0 Å². The molecule has 1 fully saturated rings. The highest BCUT2D eigenvalue weighted by molar-refractivity contribution is 5.80. The van der Waals surface area contributed by atoms with E-state index in [4.69, 9.17) is 9.97 Å². The lowest BCUT2D eigenvalue weighted by molar-refractivity contribution is 0.331. The van der Waals surface area contributed by atoms with Crippen LogP contribution in [0.1, 0.15) is 24.1 Å². The van der Waals surface area contributed by atoms with Gasteiger partial charge in [-0.25, -0.2) is 15.0 Å². The lowest BCUT2D eigenvalue weighted by Crippen LogP contribution is -2.18. The van der Waals surface area contributed by atoms with Gasteiger partial charge in [0.1, 0.15) is 11.5 Å². The highest BCUT2D eigenvalue weighted by Gasteiger charge is 2.15. The zero-order valence-electron chi connectivity index (χ0n) is 19.1. The minimum atomic E-state index is 0.594. The van der Waals surface area contributed by atoms with Crippen LogP contribution in [0.4, 0.5) is 5.82 Å². The molecule has 0 atom stereocenters. The third kappa shape index (κ3) is 4.76. The van der Waals surface area contributed by atoms with Gasteiger partial charge in [0.25, 0.3) is 0 Å². The fourth-order valence-corrected chi connectivity index (χ4v) is 4.30. The molecule has 5 rings (SSSR count). The fourth-order valence-electron chi connectivity index (χ4n) is 4.30. The van der Waals surface area contributed by atoms with Gasteiger partial charge < -0.3 is 5.32 Å². The molecule has 4 aromatic rings. The van der Waals surface area contributed by atoms with Gasteiger partial charge in [0.2, 0.25) is 0 Å². The van der Waals surface area contributed by atoms with E-state index >= 15 is 0 Å². The minimum absolute atomic E-state index is 0.594. The molecule has 4 heterocycles. The molecule has 0 radical (unpaired) electrons. The quantitative estimate of drug-likeness (QED) is 0.447. The molecule has 0 spiro atoms. The summed E-state index contributed by atoms with van der Waals surface area (Å²) in [6.07, 6.45) is 4.45. The van der Waals surface area contributed by atoms with E-state index in [0.717, 1.165) is 46.3 Å². The van der Waals surface area contributed by atoms with Crippen LogP contribution in [0.25, 0.3) is 34.0 Å². The number of hydrogen-bond acceptors (Lipinski definition) is 6. The molecular weight excluding hydrogens is 408 g/mol. The zero-order chi connectivity index (χ0) is 22.6. The summed E-state index contributed by atoms with van der Waals surface area (Å²) in [5.41, 5.74) is 6.80. The fraction of sp³-hybridized carbons (Fsp3) is 0.259. The summed E-state index contributed by atoms with van der Waals surface area (Å²) in [5.74, 6) is 1.34. The maximum Gasteiger partial charge on any atom is 0.180 e. The van der Waals surface area contributed by atoms with Crippen LogP contribution in [0.15, 0.2) is 66.9 Å². The molecule has 166 valence electrons. The van der Waals surface area contributed by atoms with E-state index in [1.54, 1.807) is 0 Å². The lowest BCUT2D eigenvalue weighted by Gasteiger charge is -2.15. The molecule has 0 bridgehead atoms. The highest BCUT2D eigenvalue weighted by atomic mass is 15.1. The SMILES string of the molecule is CNc1cc(-c2cccnc2-c2ccc(CN3CCCC3)cc2)nc(-c2cccc(C)n2)n1. The molecule has 1 aliphatic heterocycles. The summed E-state index contributed by atoms with van der Waals surface area (Å²) in [6, 6.07) is 20.6. The monoisotopic (exact) mass is 436 g/mol. The average Bonchev–Trinajstić information content (AvgIpc) is 3.37. The molecule has 1 aromatic carbocycles. The van der Waals surface area contributed by atoms with Crippen LogP contribution >= 0.6 is 0 Å². The normalized spacial score (nSPS) is 13.9. The first-order valence-corrected chi connectivity index (χ1v) is 11.5. The standard InChI is InChI=1S/C27H28N6/c1-19-7-5-9-23(30-19)27-31-24(17-25(28-2)32-27)22-8-6-14-29-26(22)21-12-10-20(11-13-21)18-33-15-3-4-16-33/h5-14,17H,3-4,15-16,18H2,1-2H3,(H,28,31,32). The predicted octanol–water partition coefficient (Wildman–Crippen LogP) is 5.21. The Kier molecular flexibility index (Phi) is 6.09. The number of nitrogens with one attached hydrogen (secondary N) is 1. The second kappa shape index (κ2) is 9.46. The molecule has 0 saturated carbocycles. The Morgan fingerprint density at radius 3 is 2.45 bits per heavy atom. The van der Waals surface area contributed by atoms with Crippen LogP contribution in [0.5, 0.6) is 0 Å². The summed E-state index contributed by atoms with van der Waals surface area (Å²) in [5, 5.41) is 3.16. The topological polar surface area (TPSA) is 66.8 Å². The van der Waals surface area contributed by atoms with Crippen molar-refractivity contribution in [2.24, 2.45) is 0 Å². The molecule has 3 aromatic heterocycles. The van der Waals surface area contributed by atoms with Crippen LogP contribution < -0.4 is 5.32 Å². The second-order valence-corrected chi connectivity index (χ2v) is 8.46. The largest absolute Gasteiger partial charge is 0.373 e. The first kappa shape index (κ1) is 21.2. The Morgan fingerprint density at radius 2 is 1.70 bits per heavy atom. The van der Waals surface area contributed by atoms with Crippen molar-refractivity contribution in [3.63, 3.8) is 0 Å². The minimum Gasteiger partial charge on any atom is -0.373 e. The van der Waals surface area contributed by atoms with Crippen molar-refractivity contribution in [3.8, 4) is 34.0 Å². The van der Waals surface area contributed by atoms with Crippen molar-refractivity contribution in [1.29, 1.82) is 0 Å². The summed E-state index contributed by atoms with van der Waals surface area (Å²) >= 11 is 0. The Morgan fingerprint density at radius 1 is 0.879 bits per heavy atom. The van der Waals surface area contributed by atoms with Crippen molar-refractivity contribution >= 4 is 5.82 Å². The van der Waals surface area contributed by atoms with Crippen molar-refractivity contribution in [3.05, 3.63) is 78.1 Å². The van der Waals surface area contributed by atoms with E-state index in [-0.39, 0.29) is 0 Å². The van der Waals surface area contributed by atoms with Gasteiger partial charge in [-0.2, -0.15) is 0 Å². The predicted molar refractivity (Wildman–Crippen MR) is 133 cm³/mol. The van der Waals surface area contributed by atoms with Crippen molar-refractivity contribution < 1.29 is 0 Å². The number of aryl methyl sites for hydroxylation is 1. The summed E-state index contributed by atoms with van der Waals surface area (Å²) in [4.78, 5) is 21.4. The molecule has 1 saturated heterocycles. The number of pyridine rings is 2. The molecule has 33 heavy (non-hydrogen) atoms. The van der Waals surface area contributed by atoms with E-state index in [1.165, 1.54) is 31.5 Å². The molecule has 0 amide bonds. The van der Waals surface area contributed by atoms with Crippen LogP contribution in [0.2, 0.25) is 0 Å².